The molecular formula is C12H22BrNO2S. The highest BCUT2D eigenvalue weighted by Crippen LogP contribution is 2.33. The third-order valence-corrected chi connectivity index (χ3v) is 6.05. The molecule has 1 fully saturated rings. The van der Waals surface area contributed by atoms with Gasteiger partial charge in [-0.3, -0.25) is 0 Å². The molecule has 0 aromatic heterocycles. The maximum Gasteiger partial charge on any atom is 0.211 e. The van der Waals surface area contributed by atoms with Gasteiger partial charge in [0.1, 0.15) is 0 Å². The van der Waals surface area contributed by atoms with Crippen LogP contribution in [0.1, 0.15) is 26.2 Å². The Morgan fingerprint density at radius 2 is 2.24 bits per heavy atom. The van der Waals surface area contributed by atoms with E-state index < -0.39 is 10.0 Å². The Bertz CT molecular complexity index is 369. The fourth-order valence-corrected chi connectivity index (χ4v) is 3.75. The number of hydrogen-bond acceptors (Lipinski definition) is 2. The first kappa shape index (κ1) is 15.2. The summed E-state index contributed by atoms with van der Waals surface area (Å²) in [6.07, 6.45) is 6.34. The van der Waals surface area contributed by atoms with Crippen molar-refractivity contribution in [3.05, 3.63) is 12.7 Å². The molecule has 5 heteroatoms. The van der Waals surface area contributed by atoms with E-state index in [2.05, 4.69) is 29.4 Å². The molecule has 0 aliphatic carbocycles. The van der Waals surface area contributed by atoms with Gasteiger partial charge in [0.25, 0.3) is 0 Å². The van der Waals surface area contributed by atoms with Crippen LogP contribution < -0.4 is 0 Å². The van der Waals surface area contributed by atoms with Crippen LogP contribution in [0.4, 0.5) is 0 Å². The minimum atomic E-state index is -3.03. The maximum absolute atomic E-state index is 11.5. The molecule has 0 amide bonds. The number of halogens is 1. The molecule has 0 N–H and O–H groups in total. The molecule has 0 saturated carbocycles. The molecular weight excluding hydrogens is 302 g/mol. The predicted molar refractivity (Wildman–Crippen MR) is 75.9 cm³/mol. The molecule has 1 heterocycles. The summed E-state index contributed by atoms with van der Waals surface area (Å²) < 4.78 is 24.7. The standard InChI is InChI=1S/C12H22BrNO2S/c1-4-12(2,10-13)8-11-6-5-7-14(9-11)17(3,15)16/h4,11H,1,5-10H2,2-3H3. The summed E-state index contributed by atoms with van der Waals surface area (Å²) in [5, 5.41) is 0.874. The molecule has 0 aromatic rings. The number of rotatable bonds is 5. The lowest BCUT2D eigenvalue weighted by molar-refractivity contribution is 0.218. The van der Waals surface area contributed by atoms with E-state index in [-0.39, 0.29) is 5.41 Å². The van der Waals surface area contributed by atoms with Crippen LogP contribution in [0, 0.1) is 11.3 Å². The van der Waals surface area contributed by atoms with Crippen LogP contribution >= 0.6 is 15.9 Å². The largest absolute Gasteiger partial charge is 0.213 e. The average molecular weight is 324 g/mol. The lowest BCUT2D eigenvalue weighted by atomic mass is 9.80. The van der Waals surface area contributed by atoms with Gasteiger partial charge >= 0.3 is 0 Å². The van der Waals surface area contributed by atoms with Gasteiger partial charge in [-0.1, -0.05) is 28.9 Å². The van der Waals surface area contributed by atoms with E-state index in [0.717, 1.165) is 24.6 Å². The first-order valence-electron chi connectivity index (χ1n) is 5.95. The molecule has 2 unspecified atom stereocenters. The SMILES string of the molecule is C=CC(C)(CBr)CC1CCCN(S(C)(=O)=O)C1. The number of allylic oxidation sites excluding steroid dienone is 1. The molecule has 100 valence electrons. The van der Waals surface area contributed by atoms with Gasteiger partial charge in [-0.15, -0.1) is 6.58 Å². The lowest BCUT2D eigenvalue weighted by Gasteiger charge is -2.35. The van der Waals surface area contributed by atoms with Gasteiger partial charge in [0.05, 0.1) is 6.26 Å². The molecule has 17 heavy (non-hydrogen) atoms. The first-order valence-corrected chi connectivity index (χ1v) is 8.92. The Labute approximate surface area is 113 Å². The lowest BCUT2D eigenvalue weighted by Crippen LogP contribution is -2.40. The van der Waals surface area contributed by atoms with Crippen LogP contribution in [0.2, 0.25) is 0 Å². The van der Waals surface area contributed by atoms with Crippen LogP contribution in [0.25, 0.3) is 0 Å². The van der Waals surface area contributed by atoms with Crippen LogP contribution in [0.5, 0.6) is 0 Å². The van der Waals surface area contributed by atoms with E-state index in [0.29, 0.717) is 19.0 Å². The van der Waals surface area contributed by atoms with Crippen LogP contribution in [-0.2, 0) is 10.0 Å². The van der Waals surface area contributed by atoms with Crippen LogP contribution in [-0.4, -0.2) is 37.4 Å². The molecule has 1 rings (SSSR count). The molecule has 0 radical (unpaired) electrons. The molecule has 1 aliphatic heterocycles. The van der Waals surface area contributed by atoms with Crippen molar-refractivity contribution in [2.24, 2.45) is 11.3 Å². The Hall–Kier alpha value is 0.130. The van der Waals surface area contributed by atoms with Crippen LogP contribution in [0.15, 0.2) is 12.7 Å². The van der Waals surface area contributed by atoms with Crippen molar-refractivity contribution >= 4 is 26.0 Å². The van der Waals surface area contributed by atoms with E-state index in [1.54, 1.807) is 4.31 Å². The fourth-order valence-electron chi connectivity index (χ4n) is 2.35. The van der Waals surface area contributed by atoms with Gasteiger partial charge in [-0.05, 0) is 30.6 Å². The van der Waals surface area contributed by atoms with Crippen molar-refractivity contribution in [1.29, 1.82) is 0 Å². The van der Waals surface area contributed by atoms with Gasteiger partial charge in [0.2, 0.25) is 10.0 Å². The van der Waals surface area contributed by atoms with Gasteiger partial charge < -0.3 is 0 Å². The summed E-state index contributed by atoms with van der Waals surface area (Å²) in [6, 6.07) is 0. The van der Waals surface area contributed by atoms with Crippen molar-refractivity contribution in [2.45, 2.75) is 26.2 Å². The Kier molecular flexibility index (Phi) is 5.22. The van der Waals surface area contributed by atoms with Crippen molar-refractivity contribution in [3.8, 4) is 0 Å². The van der Waals surface area contributed by atoms with Crippen molar-refractivity contribution < 1.29 is 8.42 Å². The van der Waals surface area contributed by atoms with E-state index in [4.69, 9.17) is 0 Å². The second-order valence-corrected chi connectivity index (χ2v) is 7.87. The third-order valence-electron chi connectivity index (χ3n) is 3.50. The second kappa shape index (κ2) is 5.85. The monoisotopic (exact) mass is 323 g/mol. The van der Waals surface area contributed by atoms with Crippen molar-refractivity contribution in [2.75, 3.05) is 24.7 Å². The summed E-state index contributed by atoms with van der Waals surface area (Å²) in [5.41, 5.74) is 0.0607. The number of piperidine rings is 1. The summed E-state index contributed by atoms with van der Waals surface area (Å²) in [4.78, 5) is 0. The quantitative estimate of drug-likeness (QED) is 0.576. The van der Waals surface area contributed by atoms with E-state index in [1.807, 2.05) is 6.08 Å². The highest BCUT2D eigenvalue weighted by atomic mass is 79.9. The van der Waals surface area contributed by atoms with E-state index in [1.165, 1.54) is 6.26 Å². The zero-order chi connectivity index (χ0) is 13.1. The van der Waals surface area contributed by atoms with Gasteiger partial charge in [-0.25, -0.2) is 12.7 Å². The zero-order valence-electron chi connectivity index (χ0n) is 10.7. The Balaban J connectivity index is 2.65. The normalized spacial score (nSPS) is 26.4. The third kappa shape index (κ3) is 4.38. The Morgan fingerprint density at radius 1 is 1.59 bits per heavy atom. The van der Waals surface area contributed by atoms with Gasteiger partial charge in [0.15, 0.2) is 0 Å². The number of hydrogen-bond donors (Lipinski definition) is 0. The minimum Gasteiger partial charge on any atom is -0.213 e. The maximum atomic E-state index is 11.5. The zero-order valence-corrected chi connectivity index (χ0v) is 13.1. The highest BCUT2D eigenvalue weighted by Gasteiger charge is 2.30. The topological polar surface area (TPSA) is 37.4 Å². The molecule has 1 saturated heterocycles. The number of nitrogens with zero attached hydrogens (tertiary/aromatic N) is 1. The van der Waals surface area contributed by atoms with Crippen LogP contribution in [0.3, 0.4) is 0 Å². The molecule has 0 bridgehead atoms. The molecule has 2 atom stereocenters. The molecule has 0 aromatic carbocycles. The van der Waals surface area contributed by atoms with Crippen molar-refractivity contribution in [3.63, 3.8) is 0 Å². The van der Waals surface area contributed by atoms with E-state index >= 15 is 0 Å². The van der Waals surface area contributed by atoms with Gasteiger partial charge in [0, 0.05) is 18.4 Å². The van der Waals surface area contributed by atoms with Crippen molar-refractivity contribution in [1.82, 2.24) is 4.31 Å². The molecule has 3 nitrogen and oxygen atoms in total. The van der Waals surface area contributed by atoms with Gasteiger partial charge in [-0.2, -0.15) is 0 Å². The fraction of sp³-hybridized carbons (Fsp3) is 0.833. The number of sulfonamides is 1. The van der Waals surface area contributed by atoms with E-state index in [9.17, 15) is 8.42 Å². The summed E-state index contributed by atoms with van der Waals surface area (Å²) in [6.45, 7) is 7.37. The minimum absolute atomic E-state index is 0.0607. The summed E-state index contributed by atoms with van der Waals surface area (Å²) in [7, 11) is -3.03. The molecule has 0 spiro atoms. The predicted octanol–water partition coefficient (Wildman–Crippen LogP) is 2.64. The second-order valence-electron chi connectivity index (χ2n) is 5.33. The average Bonchev–Trinajstić information content (AvgIpc) is 2.28. The Morgan fingerprint density at radius 3 is 2.71 bits per heavy atom. The highest BCUT2D eigenvalue weighted by molar-refractivity contribution is 9.09. The molecule has 1 aliphatic rings. The number of alkyl halides is 1. The summed E-state index contributed by atoms with van der Waals surface area (Å²) >= 11 is 3.51. The summed E-state index contributed by atoms with van der Waals surface area (Å²) in [5.74, 6) is 0.444. The smallest absolute Gasteiger partial charge is 0.211 e. The first-order chi connectivity index (χ1) is 7.80.